The Bertz CT molecular complexity index is 403. The molecular formula is C16H27N3O. The number of rotatable bonds is 4. The standard InChI is InChI=1S/C16H27N3O/c1-16(2,3)15-5-4-14(12-17-15)13-19-8-6-18(7-9-19)10-11-20/h4-5,12,20H,6-11,13H2,1-3H3. The van der Waals surface area contributed by atoms with Crippen molar-refractivity contribution in [2.75, 3.05) is 39.3 Å². The lowest BCUT2D eigenvalue weighted by molar-refractivity contribution is 0.108. The van der Waals surface area contributed by atoms with Gasteiger partial charge in [-0.25, -0.2) is 0 Å². The zero-order valence-electron chi connectivity index (χ0n) is 13.0. The molecule has 1 saturated heterocycles. The summed E-state index contributed by atoms with van der Waals surface area (Å²) < 4.78 is 0. The molecule has 1 aliphatic rings. The van der Waals surface area contributed by atoms with Crippen molar-refractivity contribution >= 4 is 0 Å². The van der Waals surface area contributed by atoms with Gasteiger partial charge in [0.1, 0.15) is 0 Å². The smallest absolute Gasteiger partial charge is 0.0558 e. The van der Waals surface area contributed by atoms with Gasteiger partial charge >= 0.3 is 0 Å². The molecule has 1 fully saturated rings. The fourth-order valence-electron chi connectivity index (χ4n) is 2.53. The van der Waals surface area contributed by atoms with E-state index in [0.717, 1.165) is 45.0 Å². The highest BCUT2D eigenvalue weighted by molar-refractivity contribution is 5.19. The average molecular weight is 277 g/mol. The van der Waals surface area contributed by atoms with E-state index in [-0.39, 0.29) is 12.0 Å². The van der Waals surface area contributed by atoms with Crippen molar-refractivity contribution < 1.29 is 5.11 Å². The fourth-order valence-corrected chi connectivity index (χ4v) is 2.53. The summed E-state index contributed by atoms with van der Waals surface area (Å²) in [5.41, 5.74) is 2.55. The molecule has 0 spiro atoms. The summed E-state index contributed by atoms with van der Waals surface area (Å²) in [6, 6.07) is 4.35. The largest absolute Gasteiger partial charge is 0.395 e. The summed E-state index contributed by atoms with van der Waals surface area (Å²) in [5.74, 6) is 0. The van der Waals surface area contributed by atoms with Crippen LogP contribution in [0.2, 0.25) is 0 Å². The van der Waals surface area contributed by atoms with Crippen LogP contribution >= 0.6 is 0 Å². The molecular weight excluding hydrogens is 250 g/mol. The molecule has 4 nitrogen and oxygen atoms in total. The third-order valence-electron chi connectivity index (χ3n) is 3.88. The normalized spacial score (nSPS) is 18.4. The van der Waals surface area contributed by atoms with Gasteiger partial charge < -0.3 is 5.11 Å². The maximum Gasteiger partial charge on any atom is 0.0558 e. The summed E-state index contributed by atoms with van der Waals surface area (Å²) in [5, 5.41) is 8.95. The third kappa shape index (κ3) is 4.27. The molecule has 0 aromatic carbocycles. The zero-order chi connectivity index (χ0) is 14.6. The highest BCUT2D eigenvalue weighted by Gasteiger charge is 2.18. The van der Waals surface area contributed by atoms with Gasteiger partial charge in [-0.2, -0.15) is 0 Å². The quantitative estimate of drug-likeness (QED) is 0.905. The highest BCUT2D eigenvalue weighted by Crippen LogP contribution is 2.20. The number of β-amino-alcohol motifs (C(OH)–C–C–N with tert-alkyl or cyclic N) is 1. The molecule has 0 aliphatic carbocycles. The maximum absolute atomic E-state index is 8.95. The van der Waals surface area contributed by atoms with Crippen molar-refractivity contribution in [3.8, 4) is 0 Å². The first kappa shape index (κ1) is 15.4. The number of aromatic nitrogens is 1. The first-order chi connectivity index (χ1) is 9.49. The summed E-state index contributed by atoms with van der Waals surface area (Å²) in [6.45, 7) is 12.8. The van der Waals surface area contributed by atoms with Gasteiger partial charge in [-0.3, -0.25) is 14.8 Å². The number of pyridine rings is 1. The monoisotopic (exact) mass is 277 g/mol. The molecule has 1 N–H and O–H groups in total. The van der Waals surface area contributed by atoms with Crippen molar-refractivity contribution in [2.24, 2.45) is 0 Å². The first-order valence-electron chi connectivity index (χ1n) is 7.50. The van der Waals surface area contributed by atoms with Crippen molar-refractivity contribution in [1.29, 1.82) is 0 Å². The van der Waals surface area contributed by atoms with Crippen LogP contribution in [0.3, 0.4) is 0 Å². The Morgan fingerprint density at radius 1 is 1.10 bits per heavy atom. The van der Waals surface area contributed by atoms with Gasteiger partial charge in [0.25, 0.3) is 0 Å². The number of nitrogens with zero attached hydrogens (tertiary/aromatic N) is 3. The van der Waals surface area contributed by atoms with E-state index in [2.05, 4.69) is 47.7 Å². The highest BCUT2D eigenvalue weighted by atomic mass is 16.3. The van der Waals surface area contributed by atoms with Gasteiger partial charge in [-0.05, 0) is 11.6 Å². The number of aliphatic hydroxyl groups excluding tert-OH is 1. The molecule has 0 unspecified atom stereocenters. The predicted molar refractivity (Wildman–Crippen MR) is 81.7 cm³/mol. The van der Waals surface area contributed by atoms with Crippen LogP contribution in [-0.4, -0.2) is 59.2 Å². The van der Waals surface area contributed by atoms with Crippen LogP contribution in [0.1, 0.15) is 32.0 Å². The van der Waals surface area contributed by atoms with Crippen LogP contribution < -0.4 is 0 Å². The van der Waals surface area contributed by atoms with Crippen LogP contribution in [-0.2, 0) is 12.0 Å². The minimum absolute atomic E-state index is 0.119. The van der Waals surface area contributed by atoms with Crippen LogP contribution in [0.15, 0.2) is 18.3 Å². The van der Waals surface area contributed by atoms with Gasteiger partial charge in [-0.15, -0.1) is 0 Å². The fraction of sp³-hybridized carbons (Fsp3) is 0.688. The molecule has 4 heteroatoms. The van der Waals surface area contributed by atoms with E-state index in [1.54, 1.807) is 0 Å². The van der Waals surface area contributed by atoms with Crippen molar-refractivity contribution in [3.05, 3.63) is 29.6 Å². The maximum atomic E-state index is 8.95. The minimum atomic E-state index is 0.119. The van der Waals surface area contributed by atoms with E-state index in [1.165, 1.54) is 5.56 Å². The van der Waals surface area contributed by atoms with Crippen LogP contribution in [0.4, 0.5) is 0 Å². The molecule has 112 valence electrons. The topological polar surface area (TPSA) is 39.6 Å². The molecule has 20 heavy (non-hydrogen) atoms. The second-order valence-corrected chi connectivity index (χ2v) is 6.64. The van der Waals surface area contributed by atoms with Crippen molar-refractivity contribution in [1.82, 2.24) is 14.8 Å². The summed E-state index contributed by atoms with van der Waals surface area (Å²) in [4.78, 5) is 9.37. The van der Waals surface area contributed by atoms with Crippen LogP contribution in [0, 0.1) is 0 Å². The van der Waals surface area contributed by atoms with Gasteiger partial charge in [0, 0.05) is 56.6 Å². The van der Waals surface area contributed by atoms with E-state index >= 15 is 0 Å². The van der Waals surface area contributed by atoms with E-state index in [9.17, 15) is 0 Å². The second kappa shape index (κ2) is 6.66. The lowest BCUT2D eigenvalue weighted by Crippen LogP contribution is -2.46. The Morgan fingerprint density at radius 3 is 2.25 bits per heavy atom. The lowest BCUT2D eigenvalue weighted by Gasteiger charge is -2.34. The summed E-state index contributed by atoms with van der Waals surface area (Å²) >= 11 is 0. The van der Waals surface area contributed by atoms with E-state index in [4.69, 9.17) is 5.11 Å². The van der Waals surface area contributed by atoms with E-state index < -0.39 is 0 Å². The molecule has 0 saturated carbocycles. The van der Waals surface area contributed by atoms with Crippen molar-refractivity contribution in [3.63, 3.8) is 0 Å². The zero-order valence-corrected chi connectivity index (χ0v) is 13.0. The molecule has 1 aromatic rings. The van der Waals surface area contributed by atoms with E-state index in [0.29, 0.717) is 0 Å². The molecule has 2 rings (SSSR count). The molecule has 0 atom stereocenters. The first-order valence-corrected chi connectivity index (χ1v) is 7.50. The van der Waals surface area contributed by atoms with Gasteiger partial charge in [0.2, 0.25) is 0 Å². The Labute approximate surface area is 122 Å². The van der Waals surface area contributed by atoms with Crippen molar-refractivity contribution in [2.45, 2.75) is 32.7 Å². The Kier molecular flexibility index (Phi) is 5.13. The number of piperazine rings is 1. The van der Waals surface area contributed by atoms with E-state index in [1.807, 2.05) is 6.20 Å². The summed E-state index contributed by atoms with van der Waals surface area (Å²) in [6.07, 6.45) is 2.01. The van der Waals surface area contributed by atoms with Crippen LogP contribution in [0.5, 0.6) is 0 Å². The number of hydrogen-bond donors (Lipinski definition) is 1. The molecule has 2 heterocycles. The second-order valence-electron chi connectivity index (χ2n) is 6.64. The predicted octanol–water partition coefficient (Wildman–Crippen LogP) is 1.49. The Morgan fingerprint density at radius 2 is 1.75 bits per heavy atom. The number of hydrogen-bond acceptors (Lipinski definition) is 4. The molecule has 0 bridgehead atoms. The Hall–Kier alpha value is -0.970. The molecule has 1 aromatic heterocycles. The van der Waals surface area contributed by atoms with Crippen LogP contribution in [0.25, 0.3) is 0 Å². The third-order valence-corrected chi connectivity index (χ3v) is 3.88. The van der Waals surface area contributed by atoms with Gasteiger partial charge in [0.05, 0.1) is 6.61 Å². The Balaban J connectivity index is 1.85. The minimum Gasteiger partial charge on any atom is -0.395 e. The van der Waals surface area contributed by atoms with Gasteiger partial charge in [0.15, 0.2) is 0 Å². The molecule has 1 aliphatic heterocycles. The molecule has 0 radical (unpaired) electrons. The van der Waals surface area contributed by atoms with Gasteiger partial charge in [-0.1, -0.05) is 26.8 Å². The average Bonchev–Trinajstić information content (AvgIpc) is 2.41. The SMILES string of the molecule is CC(C)(C)c1ccc(CN2CCN(CCO)CC2)cn1. The summed E-state index contributed by atoms with van der Waals surface area (Å²) in [7, 11) is 0. The molecule has 0 amide bonds. The number of aliphatic hydroxyl groups is 1. The lowest BCUT2D eigenvalue weighted by atomic mass is 9.91.